The highest BCUT2D eigenvalue weighted by Crippen LogP contribution is 2.30. The lowest BCUT2D eigenvalue weighted by Crippen LogP contribution is -2.40. The summed E-state index contributed by atoms with van der Waals surface area (Å²) in [6, 6.07) is 8.94. The quantitative estimate of drug-likeness (QED) is 0.421. The summed E-state index contributed by atoms with van der Waals surface area (Å²) in [5.74, 6) is 0.759. The molecule has 44 heavy (non-hydrogen) atoms. The number of nitrogens with zero attached hydrogens (tertiary/aromatic N) is 7. The topological polar surface area (TPSA) is 85.5 Å². The third-order valence-corrected chi connectivity index (χ3v) is 9.28. The van der Waals surface area contributed by atoms with Crippen molar-refractivity contribution in [2.75, 3.05) is 51.7 Å². The van der Waals surface area contributed by atoms with Crippen LogP contribution in [0.5, 0.6) is 0 Å². The Balaban J connectivity index is 1.07. The van der Waals surface area contributed by atoms with Gasteiger partial charge in [0.05, 0.1) is 31.5 Å². The molecule has 234 valence electrons. The number of likely N-dealkylation sites (N-methyl/N-ethyl adjacent to an activating group) is 1. The van der Waals surface area contributed by atoms with Gasteiger partial charge in [0.15, 0.2) is 0 Å². The Morgan fingerprint density at radius 3 is 2.68 bits per heavy atom. The Morgan fingerprint density at radius 1 is 1.16 bits per heavy atom. The van der Waals surface area contributed by atoms with Crippen LogP contribution in [0.4, 0.5) is 19.0 Å². The van der Waals surface area contributed by atoms with Gasteiger partial charge in [-0.25, -0.2) is 9.97 Å². The van der Waals surface area contributed by atoms with Crippen LogP contribution in [-0.4, -0.2) is 93.9 Å². The van der Waals surface area contributed by atoms with E-state index < -0.39 is 12.7 Å². The van der Waals surface area contributed by atoms with Crippen molar-refractivity contribution in [1.82, 2.24) is 29.2 Å². The van der Waals surface area contributed by atoms with E-state index in [9.17, 15) is 18.4 Å². The number of alkyl halides is 3. The second-order valence-corrected chi connectivity index (χ2v) is 12.3. The highest BCUT2D eigenvalue weighted by atomic mass is 19.4. The molecule has 0 radical (unpaired) electrons. The van der Waals surface area contributed by atoms with Gasteiger partial charge in [0.2, 0.25) is 0 Å². The maximum Gasteiger partial charge on any atom is 0.401 e. The Hall–Kier alpha value is -3.66. The van der Waals surface area contributed by atoms with E-state index in [1.54, 1.807) is 0 Å². The smallest absolute Gasteiger partial charge is 0.374 e. The molecule has 0 saturated carbocycles. The van der Waals surface area contributed by atoms with Gasteiger partial charge in [-0.15, -0.1) is 0 Å². The molecule has 1 aromatic carbocycles. The minimum absolute atomic E-state index is 0.0139. The van der Waals surface area contributed by atoms with Crippen LogP contribution >= 0.6 is 0 Å². The molecule has 6 rings (SSSR count). The molecule has 0 bridgehead atoms. The van der Waals surface area contributed by atoms with Gasteiger partial charge < -0.3 is 19.5 Å². The third kappa shape index (κ3) is 6.55. The van der Waals surface area contributed by atoms with Gasteiger partial charge in [0.1, 0.15) is 23.9 Å². The molecule has 1 unspecified atom stereocenters. The van der Waals surface area contributed by atoms with Crippen molar-refractivity contribution >= 4 is 16.7 Å². The van der Waals surface area contributed by atoms with Gasteiger partial charge in [0.25, 0.3) is 0 Å². The lowest BCUT2D eigenvalue weighted by atomic mass is 10.00. The number of aromatic nitrogens is 3. The number of anilines is 1. The molecule has 3 aliphatic heterocycles. The van der Waals surface area contributed by atoms with E-state index >= 15 is 0 Å². The fourth-order valence-electron chi connectivity index (χ4n) is 6.70. The van der Waals surface area contributed by atoms with Crippen molar-refractivity contribution in [2.24, 2.45) is 0 Å². The summed E-state index contributed by atoms with van der Waals surface area (Å²) in [7, 11) is 2.02. The molecule has 0 spiro atoms. The summed E-state index contributed by atoms with van der Waals surface area (Å²) in [5, 5.41) is 14.6. The number of aryl methyl sites for hydroxylation is 1. The number of nitrogens with one attached hydrogen (secondary N) is 1. The average molecular weight is 609 g/mol. The molecule has 2 aromatic heterocycles. The summed E-state index contributed by atoms with van der Waals surface area (Å²) in [4.78, 5) is 14.7. The van der Waals surface area contributed by atoms with E-state index in [2.05, 4.69) is 61.4 Å². The van der Waals surface area contributed by atoms with Gasteiger partial charge in [-0.1, -0.05) is 12.6 Å². The normalized spacial score (nSPS) is 20.6. The van der Waals surface area contributed by atoms with Crippen LogP contribution in [0.1, 0.15) is 40.9 Å². The predicted molar refractivity (Wildman–Crippen MR) is 162 cm³/mol. The summed E-state index contributed by atoms with van der Waals surface area (Å²) in [6.07, 6.45) is -0.387. The molecule has 2 saturated heterocycles. The lowest BCUT2D eigenvalue weighted by Gasteiger charge is -2.34. The number of likely N-dealkylation sites (tertiary alicyclic amines) is 1. The Labute approximate surface area is 255 Å². The first-order chi connectivity index (χ1) is 21.1. The highest BCUT2D eigenvalue weighted by Gasteiger charge is 2.33. The van der Waals surface area contributed by atoms with Crippen molar-refractivity contribution in [3.63, 3.8) is 0 Å². The summed E-state index contributed by atoms with van der Waals surface area (Å²) in [6.45, 7) is 10.3. The number of morpholine rings is 1. The molecule has 12 heteroatoms. The highest BCUT2D eigenvalue weighted by molar-refractivity contribution is 5.86. The molecule has 2 fully saturated rings. The monoisotopic (exact) mass is 608 g/mol. The minimum atomic E-state index is -4.22. The molecular weight excluding hydrogens is 569 g/mol. The maximum absolute atomic E-state index is 12.9. The van der Waals surface area contributed by atoms with E-state index in [1.165, 1.54) is 22.4 Å². The van der Waals surface area contributed by atoms with Crippen LogP contribution in [0.15, 0.2) is 36.8 Å². The summed E-state index contributed by atoms with van der Waals surface area (Å²) >= 11 is 0. The standard InChI is InChI=1S/C32H39F3N8O/c1-21-18-44-26(15-40(21)3)16-43-25(13-36)12-28-22(2)23(4-5-30(28)43)14-41-9-6-24(7-10-41)39-31-27-8-11-42(19-32(33,34)35)17-29(27)37-20-38-31/h4-5,12,20,24,26H,1,6-11,14-19H2,2-3H3,(H,37,38,39). The molecular formula is C32H39F3N8O. The van der Waals surface area contributed by atoms with Crippen LogP contribution in [0.3, 0.4) is 0 Å². The van der Waals surface area contributed by atoms with Gasteiger partial charge in [0, 0.05) is 74.5 Å². The average Bonchev–Trinajstić information content (AvgIpc) is 3.34. The van der Waals surface area contributed by atoms with Crippen LogP contribution < -0.4 is 5.32 Å². The van der Waals surface area contributed by atoms with Crippen molar-refractivity contribution < 1.29 is 17.9 Å². The fourth-order valence-corrected chi connectivity index (χ4v) is 6.70. The van der Waals surface area contributed by atoms with Crippen molar-refractivity contribution in [1.29, 1.82) is 5.26 Å². The largest absolute Gasteiger partial charge is 0.401 e. The number of piperidine rings is 1. The molecule has 5 heterocycles. The second kappa shape index (κ2) is 12.4. The van der Waals surface area contributed by atoms with E-state index in [0.717, 1.165) is 67.0 Å². The van der Waals surface area contributed by atoms with Gasteiger partial charge in [-0.05, 0) is 49.4 Å². The fraction of sp³-hybridized carbons (Fsp3) is 0.531. The third-order valence-electron chi connectivity index (χ3n) is 9.28. The molecule has 3 aromatic rings. The summed E-state index contributed by atoms with van der Waals surface area (Å²) < 4.78 is 46.7. The zero-order chi connectivity index (χ0) is 31.0. The Morgan fingerprint density at radius 2 is 1.95 bits per heavy atom. The molecule has 9 nitrogen and oxygen atoms in total. The van der Waals surface area contributed by atoms with Gasteiger partial charge in [-0.2, -0.15) is 18.4 Å². The maximum atomic E-state index is 12.9. The second-order valence-electron chi connectivity index (χ2n) is 12.3. The van der Waals surface area contributed by atoms with E-state index in [0.29, 0.717) is 37.5 Å². The number of nitriles is 1. The van der Waals surface area contributed by atoms with Crippen LogP contribution in [0, 0.1) is 18.3 Å². The first kappa shape index (κ1) is 30.4. The van der Waals surface area contributed by atoms with E-state index in [4.69, 9.17) is 4.74 Å². The van der Waals surface area contributed by atoms with Crippen molar-refractivity contribution in [3.8, 4) is 6.07 Å². The van der Waals surface area contributed by atoms with E-state index in [1.807, 2.05) is 13.1 Å². The molecule has 1 atom stereocenters. The number of hydrogen-bond donors (Lipinski definition) is 1. The number of halogens is 3. The number of hydrogen-bond acceptors (Lipinski definition) is 8. The van der Waals surface area contributed by atoms with Crippen LogP contribution in [0.25, 0.3) is 10.9 Å². The van der Waals surface area contributed by atoms with Gasteiger partial charge >= 0.3 is 6.18 Å². The zero-order valence-corrected chi connectivity index (χ0v) is 25.3. The summed E-state index contributed by atoms with van der Waals surface area (Å²) in [5.41, 5.74) is 6.72. The number of benzene rings is 1. The first-order valence-electron chi connectivity index (χ1n) is 15.2. The number of fused-ring (bicyclic) bond motifs is 2. The van der Waals surface area contributed by atoms with Crippen LogP contribution in [-0.2, 0) is 30.8 Å². The predicted octanol–water partition coefficient (Wildman–Crippen LogP) is 4.45. The number of rotatable bonds is 7. The minimum Gasteiger partial charge on any atom is -0.374 e. The SMILES string of the molecule is C=C1COC(Cn2c(C#N)cc3c(C)c(CN4CCC(Nc5ncnc6c5CCN(CC(F)(F)F)C6)CC4)ccc32)CN1C. The molecule has 0 amide bonds. The van der Waals surface area contributed by atoms with Crippen LogP contribution in [0.2, 0.25) is 0 Å². The van der Waals surface area contributed by atoms with Crippen molar-refractivity contribution in [3.05, 3.63) is 64.9 Å². The Bertz CT molecular complexity index is 1570. The molecule has 0 aliphatic carbocycles. The molecule has 1 N–H and O–H groups in total. The van der Waals surface area contributed by atoms with Gasteiger partial charge in [-0.3, -0.25) is 9.80 Å². The molecule has 3 aliphatic rings. The van der Waals surface area contributed by atoms with Crippen molar-refractivity contribution in [2.45, 2.75) is 64.1 Å². The Kier molecular flexibility index (Phi) is 8.55. The lowest BCUT2D eigenvalue weighted by molar-refractivity contribution is -0.147. The first-order valence-corrected chi connectivity index (χ1v) is 15.2. The zero-order valence-electron chi connectivity index (χ0n) is 25.3. The number of ether oxygens (including phenoxy) is 1. The van der Waals surface area contributed by atoms with E-state index in [-0.39, 0.29) is 18.7 Å².